The normalized spacial score (nSPS) is 14.9. The van der Waals surface area contributed by atoms with E-state index in [-0.39, 0.29) is 0 Å². The zero-order chi connectivity index (χ0) is 15.6. The Morgan fingerprint density at radius 2 is 1.65 bits per heavy atom. The van der Waals surface area contributed by atoms with E-state index in [0.29, 0.717) is 11.2 Å². The van der Waals surface area contributed by atoms with E-state index in [0.717, 1.165) is 37.7 Å². The van der Waals surface area contributed by atoms with Gasteiger partial charge < -0.3 is 9.80 Å². The van der Waals surface area contributed by atoms with Gasteiger partial charge in [0.2, 0.25) is 0 Å². The van der Waals surface area contributed by atoms with E-state index >= 15 is 0 Å². The van der Waals surface area contributed by atoms with Gasteiger partial charge in [-0.2, -0.15) is 5.26 Å². The summed E-state index contributed by atoms with van der Waals surface area (Å²) in [7, 11) is 0. The molecule has 4 rings (SSSR count). The van der Waals surface area contributed by atoms with Crippen molar-refractivity contribution in [1.29, 1.82) is 5.26 Å². The molecule has 8 nitrogen and oxygen atoms in total. The highest BCUT2D eigenvalue weighted by atomic mass is 15.6. The molecule has 1 aromatic carbocycles. The first kappa shape index (κ1) is 13.5. The lowest BCUT2D eigenvalue weighted by molar-refractivity contribution is 0.633. The highest BCUT2D eigenvalue weighted by Gasteiger charge is 2.19. The van der Waals surface area contributed by atoms with Gasteiger partial charge in [0.15, 0.2) is 11.5 Å². The molecule has 2 aromatic heterocycles. The summed E-state index contributed by atoms with van der Waals surface area (Å²) >= 11 is 0. The molecule has 0 bridgehead atoms. The van der Waals surface area contributed by atoms with Crippen LogP contribution < -0.4 is 9.80 Å². The van der Waals surface area contributed by atoms with Gasteiger partial charge in [-0.15, -0.1) is 14.8 Å². The van der Waals surface area contributed by atoms with Crippen LogP contribution in [0.4, 0.5) is 11.5 Å². The predicted octanol–water partition coefficient (Wildman–Crippen LogP) is 0.718. The van der Waals surface area contributed by atoms with E-state index < -0.39 is 0 Å². The summed E-state index contributed by atoms with van der Waals surface area (Å²) in [6.45, 7) is 3.56. The van der Waals surface area contributed by atoms with E-state index in [9.17, 15) is 0 Å². The van der Waals surface area contributed by atoms with Crippen LogP contribution >= 0.6 is 0 Å². The summed E-state index contributed by atoms with van der Waals surface area (Å²) in [5.74, 6) is 0.879. The van der Waals surface area contributed by atoms with E-state index in [1.165, 1.54) is 4.63 Å². The number of anilines is 2. The fraction of sp³-hybridized carbons (Fsp3) is 0.267. The molecule has 3 heterocycles. The quantitative estimate of drug-likeness (QED) is 0.689. The maximum Gasteiger partial charge on any atom is 0.200 e. The first-order valence-electron chi connectivity index (χ1n) is 7.39. The van der Waals surface area contributed by atoms with Crippen molar-refractivity contribution in [2.75, 3.05) is 36.0 Å². The summed E-state index contributed by atoms with van der Waals surface area (Å²) in [4.78, 5) is 4.54. The minimum Gasteiger partial charge on any atom is -0.368 e. The summed E-state index contributed by atoms with van der Waals surface area (Å²) in [5, 5.41) is 24.6. The van der Waals surface area contributed by atoms with Gasteiger partial charge in [0, 0.05) is 31.9 Å². The van der Waals surface area contributed by atoms with Crippen molar-refractivity contribution in [2.24, 2.45) is 0 Å². The van der Waals surface area contributed by atoms with Gasteiger partial charge in [-0.05, 0) is 46.8 Å². The van der Waals surface area contributed by atoms with Gasteiger partial charge in [0.05, 0.1) is 11.6 Å². The van der Waals surface area contributed by atoms with Crippen LogP contribution in [-0.2, 0) is 0 Å². The Hall–Kier alpha value is -3.21. The van der Waals surface area contributed by atoms with Gasteiger partial charge in [-0.3, -0.25) is 0 Å². The van der Waals surface area contributed by atoms with Crippen LogP contribution in [0.1, 0.15) is 5.56 Å². The van der Waals surface area contributed by atoms with E-state index in [4.69, 9.17) is 5.26 Å². The van der Waals surface area contributed by atoms with Gasteiger partial charge in [-0.1, -0.05) is 0 Å². The smallest absolute Gasteiger partial charge is 0.200 e. The molecule has 114 valence electrons. The van der Waals surface area contributed by atoms with Crippen molar-refractivity contribution in [3.05, 3.63) is 42.0 Å². The zero-order valence-corrected chi connectivity index (χ0v) is 12.4. The third-order valence-electron chi connectivity index (χ3n) is 4.02. The zero-order valence-electron chi connectivity index (χ0n) is 12.4. The lowest BCUT2D eigenvalue weighted by Crippen LogP contribution is -2.47. The number of aromatic nitrogens is 5. The molecule has 0 N–H and O–H groups in total. The minimum atomic E-state index is 0.643. The van der Waals surface area contributed by atoms with E-state index in [2.05, 4.69) is 36.5 Å². The third kappa shape index (κ3) is 2.53. The van der Waals surface area contributed by atoms with Crippen LogP contribution in [0, 0.1) is 11.3 Å². The van der Waals surface area contributed by atoms with Crippen molar-refractivity contribution in [2.45, 2.75) is 0 Å². The van der Waals surface area contributed by atoms with Gasteiger partial charge >= 0.3 is 0 Å². The Labute approximate surface area is 132 Å². The first-order chi connectivity index (χ1) is 11.3. The molecule has 1 saturated heterocycles. The molecule has 23 heavy (non-hydrogen) atoms. The van der Waals surface area contributed by atoms with Crippen molar-refractivity contribution >= 4 is 17.2 Å². The monoisotopic (exact) mass is 306 g/mol. The topological polar surface area (TPSA) is 86.2 Å². The first-order valence-corrected chi connectivity index (χ1v) is 7.39. The van der Waals surface area contributed by atoms with Crippen LogP contribution in [0.15, 0.2) is 36.4 Å². The largest absolute Gasteiger partial charge is 0.368 e. The summed E-state index contributed by atoms with van der Waals surface area (Å²) < 4.78 is 1.45. The molecule has 0 amide bonds. The molecule has 0 aliphatic carbocycles. The lowest BCUT2D eigenvalue weighted by Gasteiger charge is -2.36. The van der Waals surface area contributed by atoms with Crippen molar-refractivity contribution < 1.29 is 0 Å². The SMILES string of the molecule is N#Cc1ccc(N2CCN(c3ccc4nnnn4n3)CC2)cc1. The van der Waals surface area contributed by atoms with Gasteiger partial charge in [0.1, 0.15) is 0 Å². The molecule has 0 saturated carbocycles. The molecule has 8 heteroatoms. The van der Waals surface area contributed by atoms with Gasteiger partial charge in [0.25, 0.3) is 0 Å². The molecule has 0 spiro atoms. The number of fused-ring (bicyclic) bond motifs is 1. The number of piperazine rings is 1. The number of rotatable bonds is 2. The average Bonchev–Trinajstić information content (AvgIpc) is 3.10. The van der Waals surface area contributed by atoms with Crippen molar-refractivity contribution in [3.8, 4) is 6.07 Å². The fourth-order valence-electron chi connectivity index (χ4n) is 2.75. The number of nitriles is 1. The Balaban J connectivity index is 1.46. The highest BCUT2D eigenvalue weighted by Crippen LogP contribution is 2.19. The second-order valence-electron chi connectivity index (χ2n) is 5.35. The molecule has 1 aliphatic heterocycles. The summed E-state index contributed by atoms with van der Waals surface area (Å²) in [6.07, 6.45) is 0. The number of benzene rings is 1. The van der Waals surface area contributed by atoms with Crippen LogP contribution in [0.25, 0.3) is 5.65 Å². The predicted molar refractivity (Wildman–Crippen MR) is 84.2 cm³/mol. The average molecular weight is 306 g/mol. The molecule has 3 aromatic rings. The molecular formula is C15H14N8. The number of hydrogen-bond donors (Lipinski definition) is 0. The second-order valence-corrected chi connectivity index (χ2v) is 5.35. The van der Waals surface area contributed by atoms with Crippen LogP contribution in [0.2, 0.25) is 0 Å². The highest BCUT2D eigenvalue weighted by molar-refractivity contribution is 5.52. The van der Waals surface area contributed by atoms with Crippen molar-refractivity contribution in [1.82, 2.24) is 25.3 Å². The van der Waals surface area contributed by atoms with Crippen LogP contribution in [0.3, 0.4) is 0 Å². The Kier molecular flexibility index (Phi) is 3.24. The standard InChI is InChI=1S/C15H14N8/c16-11-12-1-3-13(4-2-12)21-7-9-22(10-8-21)15-6-5-14-17-19-20-23(14)18-15/h1-6H,7-10H2. The summed E-state index contributed by atoms with van der Waals surface area (Å²) in [6, 6.07) is 13.7. The Morgan fingerprint density at radius 3 is 2.39 bits per heavy atom. The maximum absolute atomic E-state index is 8.87. The molecule has 1 aliphatic rings. The van der Waals surface area contributed by atoms with E-state index in [1.807, 2.05) is 36.4 Å². The second kappa shape index (κ2) is 5.53. The fourth-order valence-corrected chi connectivity index (χ4v) is 2.75. The lowest BCUT2D eigenvalue weighted by atomic mass is 10.2. The molecule has 0 unspecified atom stereocenters. The Morgan fingerprint density at radius 1 is 0.913 bits per heavy atom. The molecule has 1 fully saturated rings. The van der Waals surface area contributed by atoms with E-state index in [1.54, 1.807) is 0 Å². The number of tetrazole rings is 1. The third-order valence-corrected chi connectivity index (χ3v) is 4.02. The maximum atomic E-state index is 8.87. The molecule has 0 radical (unpaired) electrons. The van der Waals surface area contributed by atoms with Crippen molar-refractivity contribution in [3.63, 3.8) is 0 Å². The molecular weight excluding hydrogens is 292 g/mol. The van der Waals surface area contributed by atoms with Gasteiger partial charge in [-0.25, -0.2) is 0 Å². The summed E-state index contributed by atoms with van der Waals surface area (Å²) in [5.41, 5.74) is 2.48. The number of nitrogens with zero attached hydrogens (tertiary/aromatic N) is 8. The minimum absolute atomic E-state index is 0.643. The van der Waals surface area contributed by atoms with Crippen LogP contribution in [-0.4, -0.2) is 51.4 Å². The number of hydrogen-bond acceptors (Lipinski definition) is 7. The van der Waals surface area contributed by atoms with Crippen LogP contribution in [0.5, 0.6) is 0 Å². The Bertz CT molecular complexity index is 855. The molecule has 0 atom stereocenters.